The number of unbranched alkanes of at least 4 members (excludes halogenated alkanes) is 1. The Morgan fingerprint density at radius 2 is 1.95 bits per heavy atom. The second-order valence-electron chi connectivity index (χ2n) is 9.28. The van der Waals surface area contributed by atoms with E-state index in [4.69, 9.17) is 4.98 Å². The van der Waals surface area contributed by atoms with Crippen molar-refractivity contribution in [1.82, 2.24) is 24.8 Å². The molecule has 0 radical (unpaired) electrons. The smallest absolute Gasteiger partial charge is 0.270 e. The first kappa shape index (κ1) is 25.1. The van der Waals surface area contributed by atoms with E-state index < -0.39 is 0 Å². The fourth-order valence-electron chi connectivity index (χ4n) is 4.71. The fourth-order valence-corrected chi connectivity index (χ4v) is 5.51. The predicted molar refractivity (Wildman–Crippen MR) is 152 cm³/mol. The molecule has 7 heteroatoms. The van der Waals surface area contributed by atoms with Gasteiger partial charge in [-0.2, -0.15) is 0 Å². The first-order chi connectivity index (χ1) is 18.2. The summed E-state index contributed by atoms with van der Waals surface area (Å²) in [6.07, 6.45) is 7.56. The number of aromatic amines is 1. The van der Waals surface area contributed by atoms with E-state index in [0.717, 1.165) is 64.9 Å². The van der Waals surface area contributed by atoms with Crippen LogP contribution in [0.2, 0.25) is 0 Å². The van der Waals surface area contributed by atoms with Crippen LogP contribution in [0.1, 0.15) is 61.0 Å². The van der Waals surface area contributed by atoms with Crippen LogP contribution in [0.4, 0.5) is 0 Å². The number of rotatable bonds is 11. The first-order valence-corrected chi connectivity index (χ1v) is 14.1. The van der Waals surface area contributed by atoms with Crippen molar-refractivity contribution in [2.45, 2.75) is 57.0 Å². The van der Waals surface area contributed by atoms with Gasteiger partial charge in [-0.05, 0) is 60.6 Å². The number of fused-ring (bicyclic) bond motifs is 2. The van der Waals surface area contributed by atoms with Crippen LogP contribution in [0.3, 0.4) is 0 Å². The van der Waals surface area contributed by atoms with E-state index in [9.17, 15) is 4.79 Å². The lowest BCUT2D eigenvalue weighted by molar-refractivity contribution is 0.0929. The largest absolute Gasteiger partial charge is 0.361 e. The minimum Gasteiger partial charge on any atom is -0.361 e. The van der Waals surface area contributed by atoms with Gasteiger partial charge >= 0.3 is 0 Å². The maximum atomic E-state index is 13.3. The second-order valence-corrected chi connectivity index (χ2v) is 10.4. The van der Waals surface area contributed by atoms with Crippen LogP contribution in [0.5, 0.6) is 0 Å². The third-order valence-corrected chi connectivity index (χ3v) is 7.77. The van der Waals surface area contributed by atoms with Crippen molar-refractivity contribution in [3.05, 3.63) is 90.1 Å². The zero-order chi connectivity index (χ0) is 25.6. The molecule has 0 aliphatic rings. The van der Waals surface area contributed by atoms with E-state index >= 15 is 0 Å². The van der Waals surface area contributed by atoms with Crippen LogP contribution >= 0.6 is 11.8 Å². The highest BCUT2D eigenvalue weighted by Gasteiger charge is 2.25. The molecule has 0 saturated heterocycles. The van der Waals surface area contributed by atoms with Crippen molar-refractivity contribution >= 4 is 39.6 Å². The van der Waals surface area contributed by atoms with E-state index in [-0.39, 0.29) is 11.9 Å². The third-order valence-electron chi connectivity index (χ3n) is 6.57. The highest BCUT2D eigenvalue weighted by atomic mass is 32.2. The quantitative estimate of drug-likeness (QED) is 0.189. The average Bonchev–Trinajstić information content (AvgIpc) is 3.51. The Labute approximate surface area is 221 Å². The molecule has 2 N–H and O–H groups in total. The number of nitrogens with zero attached hydrogens (tertiary/aromatic N) is 3. The molecule has 0 bridgehead atoms. The molecule has 190 valence electrons. The molecule has 2 aromatic carbocycles. The number of carbonyl (C=O) groups is 1. The minimum absolute atomic E-state index is 0.196. The Kier molecular flexibility index (Phi) is 7.90. The molecule has 3 aromatic heterocycles. The van der Waals surface area contributed by atoms with Crippen LogP contribution in [0.25, 0.3) is 21.9 Å². The molecule has 3 heterocycles. The number of carbonyl (C=O) groups excluding carboxylic acids is 1. The molecule has 0 aliphatic carbocycles. The number of para-hydroxylation sites is 1. The number of aromatic nitrogens is 4. The summed E-state index contributed by atoms with van der Waals surface area (Å²) in [4.78, 5) is 27.3. The number of H-pyrrole nitrogens is 1. The van der Waals surface area contributed by atoms with Gasteiger partial charge in [-0.1, -0.05) is 44.5 Å². The van der Waals surface area contributed by atoms with Crippen LogP contribution < -0.4 is 5.32 Å². The number of aryl methyl sites for hydroxylation is 1. The van der Waals surface area contributed by atoms with Crippen LogP contribution in [0, 0.1) is 0 Å². The van der Waals surface area contributed by atoms with Gasteiger partial charge in [-0.15, -0.1) is 11.8 Å². The summed E-state index contributed by atoms with van der Waals surface area (Å²) in [5, 5.41) is 4.44. The van der Waals surface area contributed by atoms with Gasteiger partial charge in [0.2, 0.25) is 0 Å². The lowest BCUT2D eigenvalue weighted by Gasteiger charge is -2.20. The minimum atomic E-state index is -0.315. The SMILES string of the molecule is CCCCn1c(C(Cc2c[nH]c3ccccc23)NC(=O)c2ccccn2)nc2cc(SCCC)ccc21. The number of hydrogen-bond donors (Lipinski definition) is 2. The normalized spacial score (nSPS) is 12.3. The molecule has 1 atom stereocenters. The van der Waals surface area contributed by atoms with E-state index in [1.54, 1.807) is 12.3 Å². The van der Waals surface area contributed by atoms with Crippen molar-refractivity contribution in [3.8, 4) is 0 Å². The van der Waals surface area contributed by atoms with Crippen molar-refractivity contribution in [1.29, 1.82) is 0 Å². The van der Waals surface area contributed by atoms with Crippen molar-refractivity contribution in [2.24, 2.45) is 0 Å². The van der Waals surface area contributed by atoms with Gasteiger partial charge in [0.05, 0.1) is 17.1 Å². The van der Waals surface area contributed by atoms with Gasteiger partial charge in [-0.3, -0.25) is 9.78 Å². The monoisotopic (exact) mass is 511 g/mol. The lowest BCUT2D eigenvalue weighted by atomic mass is 10.0. The van der Waals surface area contributed by atoms with E-state index in [2.05, 4.69) is 64.0 Å². The summed E-state index contributed by atoms with van der Waals surface area (Å²) in [6.45, 7) is 5.25. The maximum absolute atomic E-state index is 13.3. The number of pyridine rings is 1. The van der Waals surface area contributed by atoms with Gasteiger partial charge in [0.1, 0.15) is 11.5 Å². The molecule has 6 nitrogen and oxygen atoms in total. The summed E-state index contributed by atoms with van der Waals surface area (Å²) >= 11 is 1.86. The van der Waals surface area contributed by atoms with Crippen LogP contribution in [-0.2, 0) is 13.0 Å². The molecule has 0 saturated carbocycles. The Hall–Kier alpha value is -3.58. The highest BCUT2D eigenvalue weighted by Crippen LogP contribution is 2.30. The van der Waals surface area contributed by atoms with E-state index in [0.29, 0.717) is 12.1 Å². The van der Waals surface area contributed by atoms with E-state index in [1.807, 2.05) is 42.2 Å². The highest BCUT2D eigenvalue weighted by molar-refractivity contribution is 7.99. The Morgan fingerprint density at radius 3 is 2.76 bits per heavy atom. The van der Waals surface area contributed by atoms with Crippen molar-refractivity contribution < 1.29 is 4.79 Å². The Bertz CT molecular complexity index is 1490. The van der Waals surface area contributed by atoms with Gasteiger partial charge in [0.25, 0.3) is 5.91 Å². The molecule has 37 heavy (non-hydrogen) atoms. The average molecular weight is 512 g/mol. The topological polar surface area (TPSA) is 75.6 Å². The first-order valence-electron chi connectivity index (χ1n) is 13.1. The maximum Gasteiger partial charge on any atom is 0.270 e. The molecular weight excluding hydrogens is 478 g/mol. The summed E-state index contributed by atoms with van der Waals surface area (Å²) in [7, 11) is 0. The number of benzene rings is 2. The summed E-state index contributed by atoms with van der Waals surface area (Å²) in [5.41, 5.74) is 4.73. The third kappa shape index (κ3) is 5.57. The number of nitrogens with one attached hydrogen (secondary N) is 2. The molecule has 0 aliphatic heterocycles. The van der Waals surface area contributed by atoms with Crippen molar-refractivity contribution in [2.75, 3.05) is 5.75 Å². The lowest BCUT2D eigenvalue weighted by Crippen LogP contribution is -2.32. The zero-order valence-corrected chi connectivity index (χ0v) is 22.2. The fraction of sp³-hybridized carbons (Fsp3) is 0.300. The van der Waals surface area contributed by atoms with Gasteiger partial charge in [0.15, 0.2) is 0 Å². The summed E-state index contributed by atoms with van der Waals surface area (Å²) in [5.74, 6) is 1.77. The molecular formula is C30H33N5OS. The zero-order valence-electron chi connectivity index (χ0n) is 21.4. The van der Waals surface area contributed by atoms with Gasteiger partial charge in [0, 0.05) is 41.2 Å². The van der Waals surface area contributed by atoms with E-state index in [1.165, 1.54) is 4.90 Å². The number of hydrogen-bond acceptors (Lipinski definition) is 4. The molecule has 0 spiro atoms. The summed E-state index contributed by atoms with van der Waals surface area (Å²) in [6, 6.07) is 19.9. The Balaban J connectivity index is 1.58. The molecule has 5 rings (SSSR count). The Morgan fingerprint density at radius 1 is 1.08 bits per heavy atom. The van der Waals surface area contributed by atoms with Gasteiger partial charge < -0.3 is 14.9 Å². The van der Waals surface area contributed by atoms with Crippen LogP contribution in [0.15, 0.2) is 78.0 Å². The molecule has 1 amide bonds. The number of imidazole rings is 1. The predicted octanol–water partition coefficient (Wildman–Crippen LogP) is 6.93. The van der Waals surface area contributed by atoms with Crippen molar-refractivity contribution in [3.63, 3.8) is 0 Å². The molecule has 5 aromatic rings. The second kappa shape index (κ2) is 11.6. The standard InChI is InChI=1S/C30H33N5OS/c1-3-5-16-35-28-14-13-22(37-17-4-2)19-26(28)33-29(35)27(34-30(36)25-12-8-9-15-31-25)18-21-20-32-24-11-7-6-10-23(21)24/h6-15,19-20,27,32H,3-5,16-18H2,1-2H3,(H,34,36). The summed E-state index contributed by atoms with van der Waals surface area (Å²) < 4.78 is 2.30. The van der Waals surface area contributed by atoms with Crippen LogP contribution in [-0.4, -0.2) is 31.2 Å². The number of amides is 1. The molecule has 1 unspecified atom stereocenters. The number of thioether (sulfide) groups is 1. The van der Waals surface area contributed by atoms with Gasteiger partial charge in [-0.25, -0.2) is 4.98 Å². The molecule has 0 fully saturated rings.